The number of fused-ring (bicyclic) bond motifs is 3. The van der Waals surface area contributed by atoms with Gasteiger partial charge in [0.2, 0.25) is 5.95 Å². The van der Waals surface area contributed by atoms with E-state index >= 15 is 0 Å². The van der Waals surface area contributed by atoms with Crippen LogP contribution in [0.25, 0.3) is 50.3 Å². The van der Waals surface area contributed by atoms with Crippen LogP contribution in [0.4, 0.5) is 0 Å². The quantitative estimate of drug-likeness (QED) is 0.106. The minimum absolute atomic E-state index is 0. The maximum atomic E-state index is 6.52. The average Bonchev–Trinajstić information content (AvgIpc) is 3.47. The van der Waals surface area contributed by atoms with Crippen molar-refractivity contribution in [3.05, 3.63) is 151 Å². The molecule has 0 saturated heterocycles. The molecule has 0 aliphatic heterocycles. The van der Waals surface area contributed by atoms with Crippen molar-refractivity contribution < 1.29 is 51.0 Å². The van der Waals surface area contributed by atoms with Crippen molar-refractivity contribution in [3.8, 4) is 51.5 Å². The minimum atomic E-state index is 0. The molecule has 0 atom stereocenters. The van der Waals surface area contributed by atoms with Gasteiger partial charge in [0, 0.05) is 47.8 Å². The molecule has 254 valence electrons. The predicted molar refractivity (Wildman–Crippen MR) is 190 cm³/mol. The molecule has 0 fully saturated rings. The first kappa shape index (κ1) is 35.8. The molecule has 51 heavy (non-hydrogen) atoms. The SMILES string of the molecule is CCc1cc2c3cc(CC)c(Oc4[c-]c(-c5ccccn5)ccc4)[c-]c3n(-c3ncccn3)c2[c-]c1Oc1[c-]c(-c2ccccn2)ccc1.[Pd+2].[Pt+2]. The van der Waals surface area contributed by atoms with Crippen LogP contribution in [0.2, 0.25) is 0 Å². The van der Waals surface area contributed by atoms with Crippen molar-refractivity contribution in [3.63, 3.8) is 0 Å². The molecule has 4 aromatic heterocycles. The third-order valence-electron chi connectivity index (χ3n) is 8.29. The fraction of sp³-hybridized carbons (Fsp3) is 0.0952. The number of pyridine rings is 2. The molecule has 0 unspecified atom stereocenters. The molecule has 7 nitrogen and oxygen atoms in total. The molecule has 0 radical (unpaired) electrons. The molecule has 4 heterocycles. The Kier molecular flexibility index (Phi) is 11.2. The van der Waals surface area contributed by atoms with E-state index in [1.165, 1.54) is 0 Å². The van der Waals surface area contributed by atoms with E-state index in [1.54, 1.807) is 30.9 Å². The van der Waals surface area contributed by atoms with Gasteiger partial charge in [-0.15, -0.1) is 70.8 Å². The topological polar surface area (TPSA) is 75.0 Å². The second-order valence-corrected chi connectivity index (χ2v) is 11.4. The third kappa shape index (κ3) is 7.27. The Balaban J connectivity index is 0.00000224. The molecular weight excluding hydrogens is 908 g/mol. The van der Waals surface area contributed by atoms with Crippen LogP contribution in [0.15, 0.2) is 116 Å². The third-order valence-corrected chi connectivity index (χ3v) is 8.29. The summed E-state index contributed by atoms with van der Waals surface area (Å²) in [7, 11) is 0. The van der Waals surface area contributed by atoms with Gasteiger partial charge in [0.15, 0.2) is 0 Å². The molecule has 0 N–H and O–H groups in total. The maximum absolute atomic E-state index is 6.52. The zero-order valence-electron chi connectivity index (χ0n) is 27.6. The minimum Gasteiger partial charge on any atom is -0.503 e. The molecular formula is C42H29N5O2PdPt. The summed E-state index contributed by atoms with van der Waals surface area (Å²) in [6, 6.07) is 43.3. The van der Waals surface area contributed by atoms with Gasteiger partial charge in [-0.25, -0.2) is 9.97 Å². The van der Waals surface area contributed by atoms with E-state index in [9.17, 15) is 0 Å². The number of aromatic nitrogens is 5. The van der Waals surface area contributed by atoms with Crippen molar-refractivity contribution in [2.45, 2.75) is 26.7 Å². The standard InChI is InChI=1S/C42H29N5O2.Pd.Pt/c1-3-28-24-34-35-25-29(4-2)41(49-33-15-10-13-31(23-33)37-17-6-8-19-44-37)27-39(35)47(42-45-20-11-21-46-42)38(34)26-40(28)48-32-14-9-12-30(22-32)36-16-5-7-18-43-36;;/h5-21,24-25H,3-4H2,1-2H3;;/q-4;2*+2. The van der Waals surface area contributed by atoms with Crippen LogP contribution in [0, 0.1) is 24.3 Å². The van der Waals surface area contributed by atoms with Crippen molar-refractivity contribution in [2.24, 2.45) is 0 Å². The number of nitrogens with zero attached hydrogens (tertiary/aromatic N) is 5. The zero-order chi connectivity index (χ0) is 33.2. The van der Waals surface area contributed by atoms with Crippen molar-refractivity contribution >= 4 is 21.8 Å². The number of hydrogen-bond acceptors (Lipinski definition) is 6. The second kappa shape index (κ2) is 15.9. The van der Waals surface area contributed by atoms with Crippen LogP contribution >= 0.6 is 0 Å². The Labute approximate surface area is 324 Å². The first-order valence-electron chi connectivity index (χ1n) is 16.2. The smallest absolute Gasteiger partial charge is 0.503 e. The summed E-state index contributed by atoms with van der Waals surface area (Å²) in [5.41, 5.74) is 6.91. The van der Waals surface area contributed by atoms with Gasteiger partial charge in [0.05, 0.1) is 0 Å². The summed E-state index contributed by atoms with van der Waals surface area (Å²) in [5, 5.41) is 2.00. The van der Waals surface area contributed by atoms with E-state index in [4.69, 9.17) is 9.47 Å². The van der Waals surface area contributed by atoms with E-state index in [0.29, 0.717) is 28.9 Å². The molecule has 8 rings (SSSR count). The van der Waals surface area contributed by atoms with Crippen LogP contribution in [-0.2, 0) is 54.3 Å². The van der Waals surface area contributed by atoms with E-state index in [0.717, 1.165) is 68.3 Å². The Bertz CT molecular complexity index is 2270. The number of ether oxygens (including phenoxy) is 2. The molecule has 0 bridgehead atoms. The summed E-state index contributed by atoms with van der Waals surface area (Å²) < 4.78 is 15.0. The number of benzene rings is 4. The van der Waals surface area contributed by atoms with Crippen LogP contribution < -0.4 is 9.47 Å². The second-order valence-electron chi connectivity index (χ2n) is 11.4. The summed E-state index contributed by atoms with van der Waals surface area (Å²) in [6.07, 6.45) is 8.48. The van der Waals surface area contributed by atoms with Crippen LogP contribution in [0.3, 0.4) is 0 Å². The Hall–Kier alpha value is -4.99. The maximum Gasteiger partial charge on any atom is 2.00 e. The molecule has 0 aliphatic carbocycles. The van der Waals surface area contributed by atoms with Crippen molar-refractivity contribution in [2.75, 3.05) is 0 Å². The summed E-state index contributed by atoms with van der Waals surface area (Å²) in [5.74, 6) is 2.86. The zero-order valence-corrected chi connectivity index (χ0v) is 31.4. The van der Waals surface area contributed by atoms with Gasteiger partial charge in [0.25, 0.3) is 0 Å². The molecule has 0 spiro atoms. The van der Waals surface area contributed by atoms with Gasteiger partial charge >= 0.3 is 41.5 Å². The molecule has 0 saturated carbocycles. The van der Waals surface area contributed by atoms with Gasteiger partial charge in [-0.3, -0.25) is 0 Å². The number of aryl methyl sites for hydroxylation is 2. The van der Waals surface area contributed by atoms with E-state index in [1.807, 2.05) is 77.4 Å². The van der Waals surface area contributed by atoms with Crippen molar-refractivity contribution in [1.29, 1.82) is 0 Å². The van der Waals surface area contributed by atoms with E-state index in [-0.39, 0.29) is 41.5 Å². The summed E-state index contributed by atoms with van der Waals surface area (Å²) in [4.78, 5) is 18.2. The van der Waals surface area contributed by atoms with Crippen LogP contribution in [0.5, 0.6) is 23.0 Å². The monoisotopic (exact) mass is 936 g/mol. The van der Waals surface area contributed by atoms with E-state index < -0.39 is 0 Å². The average molecular weight is 937 g/mol. The Morgan fingerprint density at radius 3 is 1.45 bits per heavy atom. The summed E-state index contributed by atoms with van der Waals surface area (Å²) in [6.45, 7) is 4.22. The normalized spacial score (nSPS) is 10.8. The molecule has 0 amide bonds. The predicted octanol–water partition coefficient (Wildman–Crippen LogP) is 9.60. The van der Waals surface area contributed by atoms with Crippen LogP contribution in [0.1, 0.15) is 25.0 Å². The van der Waals surface area contributed by atoms with Gasteiger partial charge in [-0.2, -0.15) is 22.9 Å². The molecule has 4 aromatic carbocycles. The van der Waals surface area contributed by atoms with Gasteiger partial charge in [-0.1, -0.05) is 74.1 Å². The molecule has 8 aromatic rings. The first-order valence-corrected chi connectivity index (χ1v) is 16.2. The van der Waals surface area contributed by atoms with Gasteiger partial charge in [-0.05, 0) is 29.6 Å². The van der Waals surface area contributed by atoms with Crippen LogP contribution in [-0.4, -0.2) is 24.5 Å². The van der Waals surface area contributed by atoms with Gasteiger partial charge in [0.1, 0.15) is 0 Å². The Morgan fingerprint density at radius 2 is 1.02 bits per heavy atom. The van der Waals surface area contributed by atoms with Crippen molar-refractivity contribution in [1.82, 2.24) is 24.5 Å². The Morgan fingerprint density at radius 1 is 0.549 bits per heavy atom. The molecule has 0 aliphatic rings. The van der Waals surface area contributed by atoms with E-state index in [2.05, 4.69) is 70.2 Å². The number of rotatable bonds is 9. The fourth-order valence-corrected chi connectivity index (χ4v) is 5.89. The fourth-order valence-electron chi connectivity index (χ4n) is 5.89. The largest absolute Gasteiger partial charge is 2.00 e. The van der Waals surface area contributed by atoms with Gasteiger partial charge < -0.3 is 24.0 Å². The number of hydrogen-bond donors (Lipinski definition) is 0. The molecule has 9 heteroatoms. The summed E-state index contributed by atoms with van der Waals surface area (Å²) >= 11 is 0. The first-order chi connectivity index (χ1) is 24.2.